The van der Waals surface area contributed by atoms with Crippen LogP contribution in [0.2, 0.25) is 0 Å². The predicted molar refractivity (Wildman–Crippen MR) is 60.7 cm³/mol. The number of likely N-dealkylation sites (N-methyl/N-ethyl adjacent to an activating group) is 1. The summed E-state index contributed by atoms with van der Waals surface area (Å²) in [5, 5.41) is 0. The zero-order valence-corrected chi connectivity index (χ0v) is 10.8. The second-order valence-electron chi connectivity index (χ2n) is 5.12. The lowest BCUT2D eigenvalue weighted by molar-refractivity contribution is -0.158. The Morgan fingerprint density at radius 2 is 1.67 bits per heavy atom. The van der Waals surface area contributed by atoms with Gasteiger partial charge in [0, 0.05) is 6.54 Å². The van der Waals surface area contributed by atoms with E-state index >= 15 is 0 Å². The van der Waals surface area contributed by atoms with Gasteiger partial charge in [-0.05, 0) is 48.5 Å². The molecule has 4 nitrogen and oxygen atoms in total. The summed E-state index contributed by atoms with van der Waals surface area (Å²) in [4.78, 5) is 4.25. The molecule has 0 unspecified atom stereocenters. The first-order chi connectivity index (χ1) is 6.82. The molecule has 0 bridgehead atoms. The van der Waals surface area contributed by atoms with Gasteiger partial charge in [0.1, 0.15) is 12.3 Å². The third-order valence-corrected chi connectivity index (χ3v) is 2.53. The van der Waals surface area contributed by atoms with E-state index in [-0.39, 0.29) is 12.3 Å². The maximum Gasteiger partial charge on any atom is 0.165 e. The van der Waals surface area contributed by atoms with E-state index in [1.54, 1.807) is 0 Å². The van der Waals surface area contributed by atoms with E-state index in [1.165, 1.54) is 0 Å². The number of hydrogen-bond donors (Lipinski definition) is 0. The Balaban J connectivity index is 2.53. The summed E-state index contributed by atoms with van der Waals surface area (Å²) >= 11 is 0. The summed E-state index contributed by atoms with van der Waals surface area (Å²) in [6.45, 7) is 4.97. The lowest BCUT2D eigenvalue weighted by atomic mass is 10.2. The van der Waals surface area contributed by atoms with Crippen LogP contribution in [-0.2, 0) is 9.47 Å². The summed E-state index contributed by atoms with van der Waals surface area (Å²) in [6, 6.07) is 0. The molecule has 1 saturated heterocycles. The monoisotopic (exact) mass is 216 g/mol. The van der Waals surface area contributed by atoms with Crippen LogP contribution in [-0.4, -0.2) is 62.7 Å². The van der Waals surface area contributed by atoms with Crippen LogP contribution in [0.4, 0.5) is 0 Å². The molecule has 1 rings (SSSR count). The standard InChI is InChI=1S/C11H24N2O2/c1-11(2)14-9(7-8-12(3)4)10(15-11)13(5)6/h9-10H,7-8H2,1-6H3/t9-,10-/m0/s1. The van der Waals surface area contributed by atoms with Gasteiger partial charge in [0.2, 0.25) is 0 Å². The van der Waals surface area contributed by atoms with Gasteiger partial charge in [0.05, 0.1) is 0 Å². The van der Waals surface area contributed by atoms with Gasteiger partial charge in [-0.2, -0.15) is 0 Å². The molecule has 0 spiro atoms. The van der Waals surface area contributed by atoms with Gasteiger partial charge in [0.15, 0.2) is 5.79 Å². The number of ether oxygens (including phenoxy) is 2. The fourth-order valence-electron chi connectivity index (χ4n) is 1.84. The summed E-state index contributed by atoms with van der Waals surface area (Å²) in [6.07, 6.45) is 1.23. The van der Waals surface area contributed by atoms with Crippen LogP contribution in [0.3, 0.4) is 0 Å². The molecule has 4 heteroatoms. The Morgan fingerprint density at radius 3 is 2.13 bits per heavy atom. The molecule has 1 aliphatic rings. The summed E-state index contributed by atoms with van der Waals surface area (Å²) < 4.78 is 11.7. The Hall–Kier alpha value is -0.160. The first-order valence-electron chi connectivity index (χ1n) is 5.48. The maximum absolute atomic E-state index is 5.88. The Morgan fingerprint density at radius 1 is 1.07 bits per heavy atom. The second-order valence-corrected chi connectivity index (χ2v) is 5.12. The highest BCUT2D eigenvalue weighted by Crippen LogP contribution is 2.30. The average Bonchev–Trinajstić information content (AvgIpc) is 2.38. The highest BCUT2D eigenvalue weighted by Gasteiger charge is 2.41. The fraction of sp³-hybridized carbons (Fsp3) is 1.00. The minimum Gasteiger partial charge on any atom is -0.343 e. The van der Waals surface area contributed by atoms with Crippen molar-refractivity contribution in [3.8, 4) is 0 Å². The van der Waals surface area contributed by atoms with E-state index in [1.807, 2.05) is 27.9 Å². The number of hydrogen-bond acceptors (Lipinski definition) is 4. The lowest BCUT2D eigenvalue weighted by Crippen LogP contribution is -2.38. The number of nitrogens with zero attached hydrogens (tertiary/aromatic N) is 2. The fourth-order valence-corrected chi connectivity index (χ4v) is 1.84. The van der Waals surface area contributed by atoms with Crippen LogP contribution >= 0.6 is 0 Å². The number of rotatable bonds is 4. The minimum absolute atomic E-state index is 0.0694. The van der Waals surface area contributed by atoms with Crippen molar-refractivity contribution in [1.82, 2.24) is 9.80 Å². The van der Waals surface area contributed by atoms with E-state index in [0.717, 1.165) is 13.0 Å². The van der Waals surface area contributed by atoms with Crippen molar-refractivity contribution in [2.75, 3.05) is 34.7 Å². The molecule has 0 aromatic heterocycles. The van der Waals surface area contributed by atoms with Crippen molar-refractivity contribution in [2.45, 2.75) is 38.4 Å². The van der Waals surface area contributed by atoms with Crippen molar-refractivity contribution in [3.05, 3.63) is 0 Å². The van der Waals surface area contributed by atoms with Crippen molar-refractivity contribution in [3.63, 3.8) is 0 Å². The molecule has 15 heavy (non-hydrogen) atoms. The molecular formula is C11H24N2O2. The quantitative estimate of drug-likeness (QED) is 0.699. The Bertz CT molecular complexity index is 205. The average molecular weight is 216 g/mol. The topological polar surface area (TPSA) is 24.9 Å². The Kier molecular flexibility index (Phi) is 4.12. The van der Waals surface area contributed by atoms with Gasteiger partial charge in [-0.15, -0.1) is 0 Å². The minimum atomic E-state index is -0.452. The van der Waals surface area contributed by atoms with Crippen LogP contribution in [0.1, 0.15) is 20.3 Å². The molecule has 1 aliphatic heterocycles. The van der Waals surface area contributed by atoms with Crippen molar-refractivity contribution >= 4 is 0 Å². The third kappa shape index (κ3) is 3.72. The molecule has 0 radical (unpaired) electrons. The highest BCUT2D eigenvalue weighted by atomic mass is 16.8. The zero-order valence-electron chi connectivity index (χ0n) is 10.8. The van der Waals surface area contributed by atoms with Gasteiger partial charge in [-0.3, -0.25) is 4.90 Å². The van der Waals surface area contributed by atoms with Gasteiger partial charge in [-0.25, -0.2) is 0 Å². The summed E-state index contributed by atoms with van der Waals surface area (Å²) in [5.74, 6) is -0.452. The molecule has 1 heterocycles. The zero-order chi connectivity index (χ0) is 11.6. The molecule has 2 atom stereocenters. The molecule has 1 fully saturated rings. The van der Waals surface area contributed by atoms with Crippen molar-refractivity contribution in [2.24, 2.45) is 0 Å². The SMILES string of the molecule is CN(C)CC[C@@H]1OC(C)(C)O[C@@H]1N(C)C. The molecule has 0 amide bonds. The van der Waals surface area contributed by atoms with E-state index in [4.69, 9.17) is 9.47 Å². The molecule has 0 saturated carbocycles. The smallest absolute Gasteiger partial charge is 0.165 e. The van der Waals surface area contributed by atoms with E-state index in [0.29, 0.717) is 0 Å². The third-order valence-electron chi connectivity index (χ3n) is 2.53. The highest BCUT2D eigenvalue weighted by molar-refractivity contribution is 4.80. The van der Waals surface area contributed by atoms with Crippen LogP contribution in [0.5, 0.6) is 0 Å². The molecule has 0 N–H and O–H groups in total. The van der Waals surface area contributed by atoms with E-state index < -0.39 is 5.79 Å². The van der Waals surface area contributed by atoms with Crippen molar-refractivity contribution < 1.29 is 9.47 Å². The molecule has 0 aromatic carbocycles. The Labute approximate surface area is 93.1 Å². The van der Waals surface area contributed by atoms with Crippen LogP contribution in [0, 0.1) is 0 Å². The first kappa shape index (κ1) is 12.9. The second kappa shape index (κ2) is 4.78. The molecule has 0 aliphatic carbocycles. The predicted octanol–water partition coefficient (Wildman–Crippen LogP) is 0.977. The lowest BCUT2D eigenvalue weighted by Gasteiger charge is -2.24. The van der Waals surface area contributed by atoms with Gasteiger partial charge >= 0.3 is 0 Å². The summed E-state index contributed by atoms with van der Waals surface area (Å²) in [5.41, 5.74) is 0. The van der Waals surface area contributed by atoms with Gasteiger partial charge in [-0.1, -0.05) is 0 Å². The molecule has 90 valence electrons. The van der Waals surface area contributed by atoms with E-state index in [2.05, 4.69) is 23.9 Å². The van der Waals surface area contributed by atoms with Gasteiger partial charge in [0.25, 0.3) is 0 Å². The molecular weight excluding hydrogens is 192 g/mol. The van der Waals surface area contributed by atoms with Gasteiger partial charge < -0.3 is 14.4 Å². The summed E-state index contributed by atoms with van der Waals surface area (Å²) in [7, 11) is 8.20. The van der Waals surface area contributed by atoms with Crippen LogP contribution in [0.25, 0.3) is 0 Å². The first-order valence-corrected chi connectivity index (χ1v) is 5.48. The largest absolute Gasteiger partial charge is 0.343 e. The van der Waals surface area contributed by atoms with Crippen LogP contribution in [0.15, 0.2) is 0 Å². The molecule has 0 aromatic rings. The maximum atomic E-state index is 5.88. The van der Waals surface area contributed by atoms with E-state index in [9.17, 15) is 0 Å². The van der Waals surface area contributed by atoms with Crippen molar-refractivity contribution in [1.29, 1.82) is 0 Å². The van der Waals surface area contributed by atoms with Crippen LogP contribution < -0.4 is 0 Å². The normalized spacial score (nSPS) is 30.4.